The number of carbonyl (C=O) groups is 3. The summed E-state index contributed by atoms with van der Waals surface area (Å²) >= 11 is 3.60. The fourth-order valence-corrected chi connectivity index (χ4v) is 5.44. The van der Waals surface area contributed by atoms with E-state index in [0.29, 0.717) is 42.8 Å². The Balaban J connectivity index is 1.42. The van der Waals surface area contributed by atoms with Crippen molar-refractivity contribution in [1.82, 2.24) is 20.1 Å². The van der Waals surface area contributed by atoms with Gasteiger partial charge in [-0.15, -0.1) is 0 Å². The normalized spacial score (nSPS) is 17.1. The average Bonchev–Trinajstić information content (AvgIpc) is 3.37. The summed E-state index contributed by atoms with van der Waals surface area (Å²) in [5, 5.41) is 6.76. The van der Waals surface area contributed by atoms with Gasteiger partial charge in [0.2, 0.25) is 5.91 Å². The predicted molar refractivity (Wildman–Crippen MR) is 119 cm³/mol. The van der Waals surface area contributed by atoms with Crippen LogP contribution in [0.25, 0.3) is 11.0 Å². The molecule has 32 heavy (non-hydrogen) atoms. The van der Waals surface area contributed by atoms with Crippen LogP contribution in [0.1, 0.15) is 28.9 Å². The molecule has 0 radical (unpaired) electrons. The molecule has 4 heterocycles. The molecule has 164 valence electrons. The monoisotopic (exact) mass is 497 g/mol. The maximum Gasteiger partial charge on any atom is 0.325 e. The molecule has 1 aromatic carbocycles. The van der Waals surface area contributed by atoms with Crippen molar-refractivity contribution >= 4 is 50.4 Å². The highest BCUT2D eigenvalue weighted by Crippen LogP contribution is 2.50. The molecule has 2 aliphatic heterocycles. The number of benzene rings is 1. The molecular formula is C22H20BrN5O4. The first kappa shape index (κ1) is 20.6. The zero-order valence-electron chi connectivity index (χ0n) is 17.3. The molecule has 0 unspecified atom stereocenters. The summed E-state index contributed by atoms with van der Waals surface area (Å²) < 4.78 is 5.61. The average molecular weight is 498 g/mol. The van der Waals surface area contributed by atoms with Crippen LogP contribution in [0.2, 0.25) is 0 Å². The molecule has 10 heteroatoms. The molecule has 2 aliphatic rings. The molecule has 0 atom stereocenters. The van der Waals surface area contributed by atoms with Crippen molar-refractivity contribution in [1.29, 1.82) is 0 Å². The van der Waals surface area contributed by atoms with E-state index in [9.17, 15) is 14.4 Å². The molecule has 1 N–H and O–H groups in total. The van der Waals surface area contributed by atoms with Crippen LogP contribution in [-0.2, 0) is 19.7 Å². The van der Waals surface area contributed by atoms with Gasteiger partial charge in [-0.25, -0.2) is 4.98 Å². The number of pyridine rings is 1. The summed E-state index contributed by atoms with van der Waals surface area (Å²) in [7, 11) is 1.31. The third-order valence-electron chi connectivity index (χ3n) is 6.35. The zero-order chi connectivity index (χ0) is 22.5. The molecule has 3 aromatic rings. The smallest absolute Gasteiger partial charge is 0.325 e. The van der Waals surface area contributed by atoms with Gasteiger partial charge < -0.3 is 14.5 Å². The van der Waals surface area contributed by atoms with Crippen LogP contribution in [0.15, 0.2) is 41.0 Å². The fourth-order valence-electron chi connectivity index (χ4n) is 4.70. The van der Waals surface area contributed by atoms with Crippen LogP contribution < -0.4 is 4.90 Å². The number of anilines is 1. The minimum Gasteiger partial charge on any atom is -0.468 e. The zero-order valence-corrected chi connectivity index (χ0v) is 18.9. The predicted octanol–water partition coefficient (Wildman–Crippen LogP) is 2.41. The van der Waals surface area contributed by atoms with E-state index in [1.54, 1.807) is 23.2 Å². The van der Waals surface area contributed by atoms with Crippen molar-refractivity contribution in [2.24, 2.45) is 0 Å². The lowest BCUT2D eigenvalue weighted by Crippen LogP contribution is -2.51. The van der Waals surface area contributed by atoms with Gasteiger partial charge in [-0.3, -0.25) is 19.5 Å². The number of piperidine rings is 1. The quantitative estimate of drug-likeness (QED) is 0.556. The molecule has 1 fully saturated rings. The highest BCUT2D eigenvalue weighted by atomic mass is 79.9. The summed E-state index contributed by atoms with van der Waals surface area (Å²) in [5.41, 5.74) is 2.54. The Morgan fingerprint density at radius 1 is 1.22 bits per heavy atom. The third-order valence-corrected chi connectivity index (χ3v) is 7.01. The van der Waals surface area contributed by atoms with Crippen LogP contribution in [0.3, 0.4) is 0 Å². The van der Waals surface area contributed by atoms with Crippen LogP contribution in [0.5, 0.6) is 0 Å². The van der Waals surface area contributed by atoms with Gasteiger partial charge >= 0.3 is 5.97 Å². The molecule has 0 bridgehead atoms. The van der Waals surface area contributed by atoms with E-state index in [4.69, 9.17) is 4.74 Å². The number of halogens is 1. The van der Waals surface area contributed by atoms with Crippen molar-refractivity contribution in [2.75, 3.05) is 31.6 Å². The Bertz CT molecular complexity index is 1250. The number of amides is 2. The number of hydrogen-bond acceptors (Lipinski definition) is 6. The van der Waals surface area contributed by atoms with Gasteiger partial charge in [0, 0.05) is 28.8 Å². The molecule has 2 aromatic heterocycles. The molecule has 1 saturated heterocycles. The second-order valence-corrected chi connectivity index (χ2v) is 8.83. The summed E-state index contributed by atoms with van der Waals surface area (Å²) in [6.45, 7) is 0.669. The van der Waals surface area contributed by atoms with Gasteiger partial charge in [0.15, 0.2) is 0 Å². The Morgan fingerprint density at radius 3 is 2.75 bits per heavy atom. The number of nitrogens with zero attached hydrogens (tertiary/aromatic N) is 4. The Kier molecular flexibility index (Phi) is 4.96. The topological polar surface area (TPSA) is 108 Å². The molecule has 0 saturated carbocycles. The van der Waals surface area contributed by atoms with Gasteiger partial charge in [0.25, 0.3) is 5.91 Å². The minimum absolute atomic E-state index is 0.130. The summed E-state index contributed by atoms with van der Waals surface area (Å²) in [6.07, 6.45) is 2.50. The number of methoxy groups -OCH3 is 1. The number of hydrogen-bond donors (Lipinski definition) is 1. The summed E-state index contributed by atoms with van der Waals surface area (Å²) in [4.78, 5) is 46.2. The number of esters is 1. The first-order chi connectivity index (χ1) is 15.4. The largest absolute Gasteiger partial charge is 0.468 e. The number of H-pyrrole nitrogens is 1. The molecular weight excluding hydrogens is 478 g/mol. The Labute approximate surface area is 191 Å². The van der Waals surface area contributed by atoms with E-state index in [1.165, 1.54) is 12.0 Å². The number of nitrogens with one attached hydrogen (secondary N) is 1. The van der Waals surface area contributed by atoms with E-state index in [0.717, 1.165) is 15.6 Å². The Morgan fingerprint density at radius 2 is 2.00 bits per heavy atom. The van der Waals surface area contributed by atoms with E-state index in [1.807, 2.05) is 18.2 Å². The molecule has 1 spiro atoms. The Hall–Kier alpha value is -3.27. The van der Waals surface area contributed by atoms with Crippen LogP contribution in [0, 0.1) is 0 Å². The number of likely N-dealkylation sites (tertiary alicyclic amines) is 1. The lowest BCUT2D eigenvalue weighted by Gasteiger charge is -2.38. The number of aromatic nitrogens is 3. The molecule has 9 nitrogen and oxygen atoms in total. The summed E-state index contributed by atoms with van der Waals surface area (Å²) in [6, 6.07) is 9.05. The highest BCUT2D eigenvalue weighted by molar-refractivity contribution is 9.10. The van der Waals surface area contributed by atoms with Gasteiger partial charge in [0.05, 0.1) is 24.2 Å². The highest BCUT2D eigenvalue weighted by Gasteiger charge is 2.53. The maximum atomic E-state index is 13.6. The van der Waals surface area contributed by atoms with Crippen LogP contribution >= 0.6 is 15.9 Å². The lowest BCUT2D eigenvalue weighted by atomic mass is 9.73. The van der Waals surface area contributed by atoms with Crippen molar-refractivity contribution in [3.05, 3.63) is 52.3 Å². The van der Waals surface area contributed by atoms with Crippen LogP contribution in [0.4, 0.5) is 5.69 Å². The fraction of sp³-hybridized carbons (Fsp3) is 0.318. The lowest BCUT2D eigenvalue weighted by molar-refractivity contribution is -0.140. The van der Waals surface area contributed by atoms with Crippen molar-refractivity contribution < 1.29 is 19.1 Å². The second-order valence-electron chi connectivity index (χ2n) is 7.97. The third kappa shape index (κ3) is 3.09. The first-order valence-electron chi connectivity index (χ1n) is 10.2. The minimum atomic E-state index is -0.790. The maximum absolute atomic E-state index is 13.6. The van der Waals surface area contributed by atoms with E-state index in [2.05, 4.69) is 31.1 Å². The number of rotatable bonds is 3. The van der Waals surface area contributed by atoms with Crippen LogP contribution in [-0.4, -0.2) is 64.6 Å². The standard InChI is InChI=1S/C22H20BrN5O4/c1-32-18(29)12-28-17-4-2-3-13(23)19(17)22(21(28)31)7-9-27(10-8-22)20(30)15-6-5-14-16(25-15)11-24-26-14/h2-6,11H,7-10,12H2,1H3,(H,24,26). The molecule has 5 rings (SSSR count). The van der Waals surface area contributed by atoms with Crippen molar-refractivity contribution in [3.8, 4) is 0 Å². The van der Waals surface area contributed by atoms with Gasteiger partial charge in [-0.05, 0) is 37.1 Å². The SMILES string of the molecule is COC(=O)CN1C(=O)C2(CCN(C(=O)c3ccc4[nH]ncc4n3)CC2)c2c(Br)cccc21. The number of ether oxygens (including phenoxy) is 1. The number of aromatic amines is 1. The van der Waals surface area contributed by atoms with Crippen molar-refractivity contribution in [3.63, 3.8) is 0 Å². The summed E-state index contributed by atoms with van der Waals surface area (Å²) in [5.74, 6) is -0.781. The number of fused-ring (bicyclic) bond motifs is 3. The molecule has 2 amide bonds. The van der Waals surface area contributed by atoms with E-state index >= 15 is 0 Å². The van der Waals surface area contributed by atoms with Gasteiger partial charge in [0.1, 0.15) is 17.8 Å². The van der Waals surface area contributed by atoms with E-state index in [-0.39, 0.29) is 18.4 Å². The number of carbonyl (C=O) groups excluding carboxylic acids is 3. The first-order valence-corrected chi connectivity index (χ1v) is 11.0. The second kappa shape index (κ2) is 7.70. The van der Waals surface area contributed by atoms with Gasteiger partial charge in [-0.1, -0.05) is 22.0 Å². The van der Waals surface area contributed by atoms with Crippen molar-refractivity contribution in [2.45, 2.75) is 18.3 Å². The van der Waals surface area contributed by atoms with E-state index < -0.39 is 11.4 Å². The van der Waals surface area contributed by atoms with Gasteiger partial charge in [-0.2, -0.15) is 5.10 Å². The molecule has 0 aliphatic carbocycles.